The van der Waals surface area contributed by atoms with Crippen molar-refractivity contribution in [2.75, 3.05) is 13.2 Å². The second-order valence-corrected chi connectivity index (χ2v) is 20.4. The molecule has 0 heterocycles. The lowest BCUT2D eigenvalue weighted by Gasteiger charge is -2.37. The molecule has 0 aliphatic carbocycles. The molecule has 0 aromatic carbocycles. The number of allylic oxidation sites excluding steroid dienone is 3. The Morgan fingerprint density at radius 3 is 1.65 bits per heavy atom. The first-order chi connectivity index (χ1) is 11.5. The van der Waals surface area contributed by atoms with Crippen molar-refractivity contribution in [3.05, 3.63) is 23.3 Å². The van der Waals surface area contributed by atoms with Crippen molar-refractivity contribution < 1.29 is 8.85 Å². The van der Waals surface area contributed by atoms with Gasteiger partial charge in [0.05, 0.1) is 6.61 Å². The Bertz CT molecular complexity index is 485. The summed E-state index contributed by atoms with van der Waals surface area (Å²) in [7, 11) is -3.40. The largest absolute Gasteiger partial charge is 0.417 e. The zero-order valence-corrected chi connectivity index (χ0v) is 21.8. The molecule has 0 fully saturated rings. The molecule has 0 atom stereocenters. The minimum Gasteiger partial charge on any atom is -0.417 e. The van der Waals surface area contributed by atoms with Crippen LogP contribution in [0.3, 0.4) is 0 Å². The van der Waals surface area contributed by atoms with Crippen molar-refractivity contribution in [2.45, 2.75) is 104 Å². The van der Waals surface area contributed by atoms with Crippen molar-refractivity contribution in [1.29, 1.82) is 0 Å². The zero-order valence-electron chi connectivity index (χ0n) is 19.8. The van der Waals surface area contributed by atoms with Crippen LogP contribution in [0.1, 0.15) is 68.2 Å². The first-order valence-corrected chi connectivity index (χ1v) is 15.9. The van der Waals surface area contributed by atoms with Crippen LogP contribution in [0.15, 0.2) is 23.3 Å². The maximum atomic E-state index is 6.47. The summed E-state index contributed by atoms with van der Waals surface area (Å²) in [5.74, 6) is 0. The fourth-order valence-corrected chi connectivity index (χ4v) is 3.86. The third-order valence-electron chi connectivity index (χ3n) is 6.05. The van der Waals surface area contributed by atoms with Gasteiger partial charge in [0.15, 0.2) is 16.6 Å². The van der Waals surface area contributed by atoms with Gasteiger partial charge in [-0.2, -0.15) is 0 Å². The van der Waals surface area contributed by atoms with Gasteiger partial charge < -0.3 is 8.85 Å². The summed E-state index contributed by atoms with van der Waals surface area (Å²) in [6, 6.07) is 0. The van der Waals surface area contributed by atoms with E-state index in [9.17, 15) is 0 Å². The van der Waals surface area contributed by atoms with Crippen LogP contribution in [-0.2, 0) is 8.85 Å². The van der Waals surface area contributed by atoms with Gasteiger partial charge in [0, 0.05) is 6.61 Å². The van der Waals surface area contributed by atoms with E-state index in [0.29, 0.717) is 0 Å². The summed E-state index contributed by atoms with van der Waals surface area (Å²) in [5.41, 5.74) is 2.74. The zero-order chi connectivity index (χ0) is 20.8. The molecular formula is C22H46O2Si2. The summed E-state index contributed by atoms with van der Waals surface area (Å²) in [4.78, 5) is 0. The van der Waals surface area contributed by atoms with E-state index in [1.165, 1.54) is 11.1 Å². The summed E-state index contributed by atoms with van der Waals surface area (Å²) >= 11 is 0. The highest BCUT2D eigenvalue weighted by molar-refractivity contribution is 6.74. The predicted molar refractivity (Wildman–Crippen MR) is 123 cm³/mol. The summed E-state index contributed by atoms with van der Waals surface area (Å²) in [6.45, 7) is 28.9. The van der Waals surface area contributed by atoms with Crippen LogP contribution in [0.2, 0.25) is 36.3 Å². The molecule has 0 aliphatic rings. The molecule has 4 heteroatoms. The van der Waals surface area contributed by atoms with E-state index >= 15 is 0 Å². The van der Waals surface area contributed by atoms with Gasteiger partial charge in [-0.1, -0.05) is 59.3 Å². The molecule has 0 unspecified atom stereocenters. The van der Waals surface area contributed by atoms with Crippen molar-refractivity contribution in [3.8, 4) is 0 Å². The normalized spacial score (nSPS) is 14.5. The van der Waals surface area contributed by atoms with Crippen molar-refractivity contribution in [1.82, 2.24) is 0 Å². The molecule has 0 saturated heterocycles. The van der Waals surface area contributed by atoms with E-state index in [0.717, 1.165) is 26.1 Å². The molecule has 0 aliphatic heterocycles. The fourth-order valence-electron chi connectivity index (χ4n) is 1.84. The smallest absolute Gasteiger partial charge is 0.192 e. The Morgan fingerprint density at radius 2 is 1.23 bits per heavy atom. The van der Waals surface area contributed by atoms with Gasteiger partial charge in [-0.25, -0.2) is 0 Å². The maximum absolute atomic E-state index is 6.47. The van der Waals surface area contributed by atoms with Crippen molar-refractivity contribution >= 4 is 16.6 Å². The lowest BCUT2D eigenvalue weighted by Crippen LogP contribution is -2.42. The van der Waals surface area contributed by atoms with Crippen molar-refractivity contribution in [2.24, 2.45) is 0 Å². The molecule has 0 amide bonds. The Balaban J connectivity index is 4.96. The second kappa shape index (κ2) is 9.86. The molecule has 2 nitrogen and oxygen atoms in total. The molecule has 0 aromatic heterocycles. The average Bonchev–Trinajstić information content (AvgIpc) is 2.41. The van der Waals surface area contributed by atoms with Gasteiger partial charge in [-0.15, -0.1) is 0 Å². The van der Waals surface area contributed by atoms with Crippen molar-refractivity contribution in [3.63, 3.8) is 0 Å². The lowest BCUT2D eigenvalue weighted by molar-refractivity contribution is 0.273. The van der Waals surface area contributed by atoms with Gasteiger partial charge in [-0.3, -0.25) is 0 Å². The molecule has 0 N–H and O–H groups in total. The molecule has 0 aromatic rings. The van der Waals surface area contributed by atoms with E-state index in [1.807, 2.05) is 0 Å². The van der Waals surface area contributed by atoms with Gasteiger partial charge in [0.1, 0.15) is 0 Å². The van der Waals surface area contributed by atoms with E-state index in [4.69, 9.17) is 8.85 Å². The van der Waals surface area contributed by atoms with Crippen LogP contribution in [0.25, 0.3) is 0 Å². The highest BCUT2D eigenvalue weighted by Crippen LogP contribution is 2.38. The third-order valence-corrected chi connectivity index (χ3v) is 15.1. The van der Waals surface area contributed by atoms with E-state index < -0.39 is 16.6 Å². The Morgan fingerprint density at radius 1 is 0.769 bits per heavy atom. The Labute approximate surface area is 166 Å². The summed E-state index contributed by atoms with van der Waals surface area (Å²) in [6.07, 6.45) is 6.58. The molecule has 26 heavy (non-hydrogen) atoms. The lowest BCUT2D eigenvalue weighted by atomic mass is 10.1. The first kappa shape index (κ1) is 25.8. The van der Waals surface area contributed by atoms with E-state index in [1.54, 1.807) is 0 Å². The minimum absolute atomic E-state index is 0.246. The highest BCUT2D eigenvalue weighted by Gasteiger charge is 2.38. The van der Waals surface area contributed by atoms with Crippen LogP contribution < -0.4 is 0 Å². The molecule has 0 radical (unpaired) electrons. The van der Waals surface area contributed by atoms with Gasteiger partial charge in [0.2, 0.25) is 0 Å². The summed E-state index contributed by atoms with van der Waals surface area (Å²) < 4.78 is 12.9. The Hall–Kier alpha value is -0.166. The molecule has 0 spiro atoms. The van der Waals surface area contributed by atoms with Gasteiger partial charge >= 0.3 is 0 Å². The fraction of sp³-hybridized carbons (Fsp3) is 0.818. The summed E-state index contributed by atoms with van der Waals surface area (Å²) in [5, 5.41) is 0.506. The van der Waals surface area contributed by atoms with Crippen LogP contribution in [0, 0.1) is 0 Å². The second-order valence-electron chi connectivity index (χ2n) is 10.8. The SMILES string of the molecule is CC(C)=CC/C=C(\CCO[Si](C)(C)C(C)(C)C)CO[Si](C)(C)C(C)(C)C. The van der Waals surface area contributed by atoms with E-state index in [-0.39, 0.29) is 10.1 Å². The minimum atomic E-state index is -1.72. The molecular weight excluding hydrogens is 352 g/mol. The third kappa shape index (κ3) is 9.16. The monoisotopic (exact) mass is 398 g/mol. The average molecular weight is 399 g/mol. The molecule has 154 valence electrons. The quantitative estimate of drug-likeness (QED) is 0.292. The molecule has 0 rings (SSSR count). The maximum Gasteiger partial charge on any atom is 0.192 e. The molecule has 0 bridgehead atoms. The van der Waals surface area contributed by atoms with Gasteiger partial charge in [-0.05, 0) is 68.5 Å². The van der Waals surface area contributed by atoms with Crippen LogP contribution in [0.5, 0.6) is 0 Å². The Kier molecular flexibility index (Phi) is 9.79. The number of hydrogen-bond acceptors (Lipinski definition) is 2. The van der Waals surface area contributed by atoms with E-state index in [2.05, 4.69) is 93.7 Å². The van der Waals surface area contributed by atoms with Crippen LogP contribution in [0.4, 0.5) is 0 Å². The van der Waals surface area contributed by atoms with Crippen LogP contribution in [-0.4, -0.2) is 29.8 Å². The first-order valence-electron chi connectivity index (χ1n) is 10.1. The van der Waals surface area contributed by atoms with Gasteiger partial charge in [0.25, 0.3) is 0 Å². The standard InChI is InChI=1S/C22H46O2Si2/c1-19(2)14-13-15-20(18-24-26(11,12)22(6,7)8)16-17-23-25(9,10)21(3,4)5/h14-15H,13,16-18H2,1-12H3/b20-15+. The molecule has 0 saturated carbocycles. The highest BCUT2D eigenvalue weighted by atomic mass is 28.4. The van der Waals surface area contributed by atoms with Crippen LogP contribution >= 0.6 is 0 Å². The number of rotatable bonds is 9. The number of hydrogen-bond donors (Lipinski definition) is 0. The topological polar surface area (TPSA) is 18.5 Å². The predicted octanol–water partition coefficient (Wildman–Crippen LogP) is 7.70.